The zero-order valence-corrected chi connectivity index (χ0v) is 33.1. The van der Waals surface area contributed by atoms with Gasteiger partial charge in [0.2, 0.25) is 11.7 Å². The van der Waals surface area contributed by atoms with Crippen molar-refractivity contribution in [2.24, 2.45) is 0 Å². The van der Waals surface area contributed by atoms with Crippen molar-refractivity contribution in [3.63, 3.8) is 0 Å². The van der Waals surface area contributed by atoms with Gasteiger partial charge >= 0.3 is 0 Å². The molecule has 4 nitrogen and oxygen atoms in total. The first-order valence-electron chi connectivity index (χ1n) is 22.4. The third-order valence-corrected chi connectivity index (χ3v) is 10.8. The smallest absolute Gasteiger partial charge is 0.244 e. The van der Waals surface area contributed by atoms with Crippen LogP contribution < -0.4 is 10.6 Å². The zero-order valence-electron chi connectivity index (χ0n) is 33.1. The van der Waals surface area contributed by atoms with Crippen LogP contribution in [0.1, 0.15) is 245 Å². The van der Waals surface area contributed by atoms with Gasteiger partial charge in [0, 0.05) is 12.8 Å². The fourth-order valence-electron chi connectivity index (χ4n) is 7.52. The summed E-state index contributed by atoms with van der Waals surface area (Å²) in [6.45, 7) is 8.47. The number of rotatable bonds is 39. The third kappa shape index (κ3) is 31.0. The minimum Gasteiger partial charge on any atom is -0.352 e. The van der Waals surface area contributed by atoms with E-state index in [1.807, 2.05) is 0 Å². The second-order valence-electron chi connectivity index (χ2n) is 15.5. The van der Waals surface area contributed by atoms with Gasteiger partial charge in [-0.3, -0.25) is 14.7 Å². The Kier molecular flexibility index (Phi) is 34.8. The van der Waals surface area contributed by atoms with Gasteiger partial charge in [0.05, 0.1) is 6.54 Å². The molecular formula is C44H88N3O+. The second kappa shape index (κ2) is 37.2. The molecule has 1 rings (SSSR count). The van der Waals surface area contributed by atoms with Crippen LogP contribution in [0.5, 0.6) is 0 Å². The lowest BCUT2D eigenvalue weighted by atomic mass is 10.0. The van der Waals surface area contributed by atoms with Crippen LogP contribution in [-0.4, -0.2) is 42.5 Å². The lowest BCUT2D eigenvalue weighted by molar-refractivity contribution is -0.517. The van der Waals surface area contributed by atoms with E-state index in [-0.39, 0.29) is 5.91 Å². The van der Waals surface area contributed by atoms with Crippen LogP contribution in [0.25, 0.3) is 0 Å². The fourth-order valence-corrected chi connectivity index (χ4v) is 7.52. The number of carbonyl (C=O) groups is 1. The number of unbranched alkanes of at least 4 members (excludes halogenated alkanes) is 32. The van der Waals surface area contributed by atoms with Gasteiger partial charge in [0.25, 0.3) is 0 Å². The number of carbonyl (C=O) groups excluding carboxylic acids is 1. The molecule has 0 spiro atoms. The summed E-state index contributed by atoms with van der Waals surface area (Å²) in [7, 11) is 0. The number of amidine groups is 1. The van der Waals surface area contributed by atoms with Gasteiger partial charge in [-0.05, 0) is 12.8 Å². The van der Waals surface area contributed by atoms with Crippen molar-refractivity contribution in [3.05, 3.63) is 0 Å². The molecule has 0 bridgehead atoms. The number of nitrogens with zero attached hydrogens (tertiary/aromatic N) is 1. The molecule has 0 fully saturated rings. The SMILES string of the molecule is CCCCCCCCCCCCCCCCCCCCC(=O)NCC[N+]1=C(CCCCCCCCCCCCCCCCCC)NCC1. The predicted molar refractivity (Wildman–Crippen MR) is 214 cm³/mol. The highest BCUT2D eigenvalue weighted by atomic mass is 16.1. The first-order chi connectivity index (χ1) is 23.8. The number of hydrogen-bond donors (Lipinski definition) is 2. The standard InChI is InChI=1S/C44H87N3O/c1-3-5-7-9-11-13-15-17-19-21-22-24-26-28-30-32-34-36-38-44(48)46-40-42-47-41-39-45-43(47)37-35-33-31-29-27-25-23-20-18-16-14-12-10-8-6-4-2/h3-42H2,1-2H3,(H,46,48)/p+1. The quantitative estimate of drug-likeness (QED) is 0.0503. The topological polar surface area (TPSA) is 44.1 Å². The van der Waals surface area contributed by atoms with Crippen LogP contribution in [0.15, 0.2) is 0 Å². The molecule has 2 N–H and O–H groups in total. The Morgan fingerprint density at radius 1 is 0.500 bits per heavy atom. The van der Waals surface area contributed by atoms with Crippen molar-refractivity contribution in [1.82, 2.24) is 10.6 Å². The average molecular weight is 675 g/mol. The molecule has 0 unspecified atom stereocenters. The van der Waals surface area contributed by atoms with Crippen LogP contribution in [0.4, 0.5) is 0 Å². The largest absolute Gasteiger partial charge is 0.352 e. The third-order valence-electron chi connectivity index (χ3n) is 10.8. The van der Waals surface area contributed by atoms with E-state index in [0.29, 0.717) is 6.42 Å². The molecule has 0 aromatic heterocycles. The zero-order chi connectivity index (χ0) is 34.4. The van der Waals surface area contributed by atoms with Crippen LogP contribution in [0.3, 0.4) is 0 Å². The molecule has 0 radical (unpaired) electrons. The highest BCUT2D eigenvalue weighted by molar-refractivity contribution is 5.78. The second-order valence-corrected chi connectivity index (χ2v) is 15.5. The van der Waals surface area contributed by atoms with Gasteiger partial charge in [0.1, 0.15) is 19.6 Å². The lowest BCUT2D eigenvalue weighted by Crippen LogP contribution is -2.32. The summed E-state index contributed by atoms with van der Waals surface area (Å²) < 4.78 is 2.47. The van der Waals surface area contributed by atoms with Crippen molar-refractivity contribution >= 4 is 11.7 Å². The molecule has 0 saturated heterocycles. The fraction of sp³-hybridized carbons (Fsp3) is 0.955. The molecule has 0 aliphatic carbocycles. The Morgan fingerprint density at radius 3 is 1.21 bits per heavy atom. The van der Waals surface area contributed by atoms with E-state index in [1.165, 1.54) is 224 Å². The highest BCUT2D eigenvalue weighted by Gasteiger charge is 2.19. The minimum atomic E-state index is 0.248. The molecule has 0 saturated carbocycles. The maximum atomic E-state index is 12.4. The average Bonchev–Trinajstić information content (AvgIpc) is 3.54. The molecule has 48 heavy (non-hydrogen) atoms. The Bertz CT molecular complexity index is 705. The summed E-state index contributed by atoms with van der Waals surface area (Å²) in [6.07, 6.45) is 49.6. The minimum absolute atomic E-state index is 0.248. The molecule has 1 aliphatic heterocycles. The van der Waals surface area contributed by atoms with Gasteiger partial charge in [-0.2, -0.15) is 0 Å². The number of amides is 1. The van der Waals surface area contributed by atoms with Crippen molar-refractivity contribution in [2.45, 2.75) is 245 Å². The van der Waals surface area contributed by atoms with E-state index >= 15 is 0 Å². The van der Waals surface area contributed by atoms with E-state index in [9.17, 15) is 4.79 Å². The van der Waals surface area contributed by atoms with E-state index in [2.05, 4.69) is 29.1 Å². The Labute approximate surface area is 302 Å². The normalized spacial score (nSPS) is 13.0. The Morgan fingerprint density at radius 2 is 0.833 bits per heavy atom. The molecule has 0 aromatic carbocycles. The number of nitrogens with one attached hydrogen (secondary N) is 2. The van der Waals surface area contributed by atoms with Crippen molar-refractivity contribution < 1.29 is 9.37 Å². The molecular weight excluding hydrogens is 587 g/mol. The predicted octanol–water partition coefficient (Wildman–Crippen LogP) is 13.2. The summed E-state index contributed by atoms with van der Waals surface area (Å²) >= 11 is 0. The monoisotopic (exact) mass is 675 g/mol. The van der Waals surface area contributed by atoms with E-state index in [1.54, 1.807) is 0 Å². The first-order valence-corrected chi connectivity index (χ1v) is 22.4. The van der Waals surface area contributed by atoms with E-state index < -0.39 is 0 Å². The van der Waals surface area contributed by atoms with Gasteiger partial charge in [-0.25, -0.2) is 0 Å². The van der Waals surface area contributed by atoms with Crippen molar-refractivity contribution in [3.8, 4) is 0 Å². The molecule has 0 aromatic rings. The van der Waals surface area contributed by atoms with Crippen LogP contribution >= 0.6 is 0 Å². The first kappa shape index (κ1) is 45.0. The summed E-state index contributed by atoms with van der Waals surface area (Å²) in [6, 6.07) is 0. The maximum Gasteiger partial charge on any atom is 0.244 e. The molecule has 0 atom stereocenters. The summed E-state index contributed by atoms with van der Waals surface area (Å²) in [4.78, 5) is 12.4. The molecule has 1 heterocycles. The van der Waals surface area contributed by atoms with Crippen molar-refractivity contribution in [2.75, 3.05) is 26.2 Å². The van der Waals surface area contributed by atoms with Gasteiger partial charge < -0.3 is 5.32 Å². The molecule has 4 heteroatoms. The summed E-state index contributed by atoms with van der Waals surface area (Å²) in [5, 5.41) is 6.80. The molecule has 1 aliphatic rings. The Balaban J connectivity index is 1.84. The van der Waals surface area contributed by atoms with Crippen LogP contribution in [0.2, 0.25) is 0 Å². The molecule has 1 amide bonds. The molecule has 284 valence electrons. The highest BCUT2D eigenvalue weighted by Crippen LogP contribution is 2.16. The summed E-state index contributed by atoms with van der Waals surface area (Å²) in [5.41, 5.74) is 0. The van der Waals surface area contributed by atoms with E-state index in [4.69, 9.17) is 0 Å². The van der Waals surface area contributed by atoms with E-state index in [0.717, 1.165) is 32.6 Å². The van der Waals surface area contributed by atoms with Crippen LogP contribution in [0, 0.1) is 0 Å². The van der Waals surface area contributed by atoms with Gasteiger partial charge in [-0.1, -0.05) is 219 Å². The van der Waals surface area contributed by atoms with Crippen molar-refractivity contribution in [1.29, 1.82) is 0 Å². The number of hydrogen-bond acceptors (Lipinski definition) is 2. The Hall–Kier alpha value is -1.06. The maximum absolute atomic E-state index is 12.4. The van der Waals surface area contributed by atoms with Gasteiger partial charge in [0.15, 0.2) is 0 Å². The van der Waals surface area contributed by atoms with Crippen LogP contribution in [-0.2, 0) is 4.79 Å². The lowest BCUT2D eigenvalue weighted by Gasteiger charge is -2.07. The summed E-state index contributed by atoms with van der Waals surface area (Å²) in [5.74, 6) is 1.66. The van der Waals surface area contributed by atoms with Gasteiger partial charge in [-0.15, -0.1) is 0 Å².